The molecular formula is C19H20F2N4O. The van der Waals surface area contributed by atoms with Gasteiger partial charge in [0.15, 0.2) is 11.6 Å². The van der Waals surface area contributed by atoms with E-state index in [1.807, 2.05) is 0 Å². The van der Waals surface area contributed by atoms with Gasteiger partial charge in [0.05, 0.1) is 5.56 Å². The van der Waals surface area contributed by atoms with Crippen molar-refractivity contribution in [1.29, 1.82) is 0 Å². The fourth-order valence-electron chi connectivity index (χ4n) is 2.78. The Labute approximate surface area is 150 Å². The second-order valence-corrected chi connectivity index (χ2v) is 6.16. The molecule has 0 bridgehead atoms. The summed E-state index contributed by atoms with van der Waals surface area (Å²) in [7, 11) is 0. The zero-order valence-electron chi connectivity index (χ0n) is 14.3. The first-order valence-electron chi connectivity index (χ1n) is 8.62. The Hall–Kier alpha value is -2.83. The van der Waals surface area contributed by atoms with Crippen LogP contribution in [0.3, 0.4) is 0 Å². The molecular weight excluding hydrogens is 338 g/mol. The number of halogens is 2. The summed E-state index contributed by atoms with van der Waals surface area (Å²) >= 11 is 0. The van der Waals surface area contributed by atoms with Gasteiger partial charge >= 0.3 is 0 Å². The summed E-state index contributed by atoms with van der Waals surface area (Å²) in [5.74, 6) is -1.92. The molecule has 26 heavy (non-hydrogen) atoms. The van der Waals surface area contributed by atoms with Crippen LogP contribution in [0.1, 0.15) is 42.5 Å². The SMILES string of the molecule is O=C(NCCC1=CCCCC1)c1cnc(Nc2ccc(F)c(F)c2)nc1. The molecule has 1 aliphatic carbocycles. The van der Waals surface area contributed by atoms with Gasteiger partial charge in [0.2, 0.25) is 5.95 Å². The van der Waals surface area contributed by atoms with Crippen LogP contribution in [-0.4, -0.2) is 22.4 Å². The maximum Gasteiger partial charge on any atom is 0.254 e. The molecule has 0 saturated heterocycles. The van der Waals surface area contributed by atoms with E-state index in [-0.39, 0.29) is 11.9 Å². The number of amides is 1. The van der Waals surface area contributed by atoms with Crippen molar-refractivity contribution in [3.63, 3.8) is 0 Å². The minimum atomic E-state index is -0.959. The zero-order valence-corrected chi connectivity index (χ0v) is 14.3. The van der Waals surface area contributed by atoms with E-state index in [9.17, 15) is 13.6 Å². The van der Waals surface area contributed by atoms with Crippen LogP contribution >= 0.6 is 0 Å². The van der Waals surface area contributed by atoms with E-state index >= 15 is 0 Å². The monoisotopic (exact) mass is 358 g/mol. The summed E-state index contributed by atoms with van der Waals surface area (Å²) in [6, 6.07) is 3.41. The summed E-state index contributed by atoms with van der Waals surface area (Å²) in [4.78, 5) is 20.2. The van der Waals surface area contributed by atoms with Gasteiger partial charge in [-0.25, -0.2) is 18.7 Å². The molecule has 0 atom stereocenters. The molecule has 0 aliphatic heterocycles. The molecule has 0 unspecified atom stereocenters. The molecule has 1 heterocycles. The maximum atomic E-state index is 13.2. The predicted molar refractivity (Wildman–Crippen MR) is 95.2 cm³/mol. The van der Waals surface area contributed by atoms with Crippen LogP contribution in [0, 0.1) is 11.6 Å². The fraction of sp³-hybridized carbons (Fsp3) is 0.316. The number of allylic oxidation sites excluding steroid dienone is 1. The molecule has 1 aromatic heterocycles. The Balaban J connectivity index is 1.52. The van der Waals surface area contributed by atoms with Crippen LogP contribution in [0.25, 0.3) is 0 Å². The largest absolute Gasteiger partial charge is 0.352 e. The van der Waals surface area contributed by atoms with Crippen molar-refractivity contribution in [2.45, 2.75) is 32.1 Å². The van der Waals surface area contributed by atoms with Crippen LogP contribution in [0.5, 0.6) is 0 Å². The smallest absolute Gasteiger partial charge is 0.254 e. The lowest BCUT2D eigenvalue weighted by Crippen LogP contribution is -2.25. The number of aromatic nitrogens is 2. The number of anilines is 2. The molecule has 136 valence electrons. The van der Waals surface area contributed by atoms with Crippen molar-refractivity contribution in [3.8, 4) is 0 Å². The molecule has 7 heteroatoms. The fourth-order valence-corrected chi connectivity index (χ4v) is 2.78. The molecule has 0 fully saturated rings. The quantitative estimate of drug-likeness (QED) is 0.763. The molecule has 0 radical (unpaired) electrons. The van der Waals surface area contributed by atoms with Gasteiger partial charge < -0.3 is 10.6 Å². The van der Waals surface area contributed by atoms with Gasteiger partial charge in [-0.3, -0.25) is 4.79 Å². The number of carbonyl (C=O) groups is 1. The van der Waals surface area contributed by atoms with Gasteiger partial charge in [-0.15, -0.1) is 0 Å². The van der Waals surface area contributed by atoms with Gasteiger partial charge in [0.1, 0.15) is 0 Å². The lowest BCUT2D eigenvalue weighted by molar-refractivity contribution is 0.0953. The van der Waals surface area contributed by atoms with E-state index in [2.05, 4.69) is 26.7 Å². The van der Waals surface area contributed by atoms with Crippen LogP contribution < -0.4 is 10.6 Å². The maximum absolute atomic E-state index is 13.2. The number of nitrogens with one attached hydrogen (secondary N) is 2. The van der Waals surface area contributed by atoms with Crippen molar-refractivity contribution >= 4 is 17.5 Å². The molecule has 1 aromatic carbocycles. The topological polar surface area (TPSA) is 66.9 Å². The van der Waals surface area contributed by atoms with E-state index in [1.54, 1.807) is 0 Å². The van der Waals surface area contributed by atoms with Crippen molar-refractivity contribution in [2.75, 3.05) is 11.9 Å². The normalized spacial score (nSPS) is 13.8. The van der Waals surface area contributed by atoms with Gasteiger partial charge in [-0.1, -0.05) is 11.6 Å². The number of benzene rings is 1. The van der Waals surface area contributed by atoms with Crippen LogP contribution in [0.4, 0.5) is 20.4 Å². The van der Waals surface area contributed by atoms with Gasteiger partial charge in [0, 0.05) is 30.7 Å². The molecule has 1 aliphatic rings. The summed E-state index contributed by atoms with van der Waals surface area (Å²) in [5.41, 5.74) is 2.07. The predicted octanol–water partition coefficient (Wildman–Crippen LogP) is 4.12. The minimum absolute atomic E-state index is 0.194. The molecule has 0 saturated carbocycles. The number of hydrogen-bond acceptors (Lipinski definition) is 4. The molecule has 1 amide bonds. The zero-order chi connectivity index (χ0) is 18.4. The first-order valence-corrected chi connectivity index (χ1v) is 8.62. The molecule has 3 rings (SSSR count). The first kappa shape index (κ1) is 18.0. The van der Waals surface area contributed by atoms with E-state index in [0.717, 1.165) is 31.4 Å². The number of hydrogen-bond donors (Lipinski definition) is 2. The van der Waals surface area contributed by atoms with E-state index in [0.29, 0.717) is 17.8 Å². The third kappa shape index (κ3) is 4.84. The Kier molecular flexibility index (Phi) is 5.88. The standard InChI is InChI=1S/C19H20F2N4O/c20-16-7-6-15(10-17(16)21)25-19-23-11-14(12-24-19)18(26)22-9-8-13-4-2-1-3-5-13/h4,6-7,10-12H,1-3,5,8-9H2,(H,22,26)(H,23,24,25). The Bertz CT molecular complexity index is 806. The minimum Gasteiger partial charge on any atom is -0.352 e. The average Bonchev–Trinajstić information content (AvgIpc) is 2.66. The summed E-state index contributed by atoms with van der Waals surface area (Å²) in [6.07, 6.45) is 10.6. The highest BCUT2D eigenvalue weighted by Crippen LogP contribution is 2.19. The Morgan fingerprint density at radius 1 is 1.12 bits per heavy atom. The number of rotatable bonds is 6. The highest BCUT2D eigenvalue weighted by atomic mass is 19.2. The lowest BCUT2D eigenvalue weighted by atomic mass is 9.97. The highest BCUT2D eigenvalue weighted by Gasteiger charge is 2.09. The number of nitrogens with zero attached hydrogens (tertiary/aromatic N) is 2. The molecule has 2 N–H and O–H groups in total. The van der Waals surface area contributed by atoms with Gasteiger partial charge in [0.25, 0.3) is 5.91 Å². The summed E-state index contributed by atoms with van der Waals surface area (Å²) < 4.78 is 26.1. The second kappa shape index (κ2) is 8.51. The van der Waals surface area contributed by atoms with Crippen molar-refractivity contribution in [2.24, 2.45) is 0 Å². The third-order valence-corrected chi connectivity index (χ3v) is 4.21. The average molecular weight is 358 g/mol. The molecule has 2 aromatic rings. The molecule has 0 spiro atoms. The summed E-state index contributed by atoms with van der Waals surface area (Å²) in [6.45, 7) is 0.583. The Morgan fingerprint density at radius 3 is 2.62 bits per heavy atom. The van der Waals surface area contributed by atoms with Crippen molar-refractivity contribution < 1.29 is 13.6 Å². The van der Waals surface area contributed by atoms with Crippen LogP contribution in [-0.2, 0) is 0 Å². The highest BCUT2D eigenvalue weighted by molar-refractivity contribution is 5.93. The first-order chi connectivity index (χ1) is 12.6. The van der Waals surface area contributed by atoms with E-state index in [4.69, 9.17) is 0 Å². The van der Waals surface area contributed by atoms with E-state index in [1.165, 1.54) is 36.9 Å². The van der Waals surface area contributed by atoms with Gasteiger partial charge in [-0.2, -0.15) is 0 Å². The van der Waals surface area contributed by atoms with Crippen LogP contribution in [0.2, 0.25) is 0 Å². The summed E-state index contributed by atoms with van der Waals surface area (Å²) in [5, 5.41) is 5.61. The second-order valence-electron chi connectivity index (χ2n) is 6.16. The van der Waals surface area contributed by atoms with Crippen molar-refractivity contribution in [3.05, 3.63) is 59.4 Å². The lowest BCUT2D eigenvalue weighted by Gasteiger charge is -2.13. The van der Waals surface area contributed by atoms with Crippen molar-refractivity contribution in [1.82, 2.24) is 15.3 Å². The van der Waals surface area contributed by atoms with E-state index < -0.39 is 11.6 Å². The van der Waals surface area contributed by atoms with Crippen LogP contribution in [0.15, 0.2) is 42.2 Å². The molecule has 5 nitrogen and oxygen atoms in total. The number of carbonyl (C=O) groups excluding carboxylic acids is 1. The Morgan fingerprint density at radius 2 is 1.92 bits per heavy atom. The van der Waals surface area contributed by atoms with Gasteiger partial charge in [-0.05, 0) is 44.2 Å². The third-order valence-electron chi connectivity index (χ3n) is 4.21.